The Hall–Kier alpha value is -2.37. The van der Waals surface area contributed by atoms with Crippen molar-refractivity contribution in [2.75, 3.05) is 24.5 Å². The number of hydrogen-bond donors (Lipinski definition) is 1. The highest BCUT2D eigenvalue weighted by molar-refractivity contribution is 5.94. The number of nitrogens with zero attached hydrogens (tertiary/aromatic N) is 3. The van der Waals surface area contributed by atoms with Crippen molar-refractivity contribution in [1.82, 2.24) is 15.5 Å². The molecule has 6 heteroatoms. The molecule has 1 saturated carbocycles. The molecule has 1 saturated heterocycles. The maximum absolute atomic E-state index is 12.3. The first-order valence-corrected chi connectivity index (χ1v) is 9.75. The molecule has 0 radical (unpaired) electrons. The van der Waals surface area contributed by atoms with Crippen LogP contribution in [0.3, 0.4) is 0 Å². The van der Waals surface area contributed by atoms with Gasteiger partial charge in [-0.05, 0) is 56.4 Å². The van der Waals surface area contributed by atoms with Crippen LogP contribution in [0.25, 0.3) is 0 Å². The van der Waals surface area contributed by atoms with E-state index in [1.54, 1.807) is 0 Å². The van der Waals surface area contributed by atoms with Crippen molar-refractivity contribution in [3.8, 4) is 0 Å². The fraction of sp³-hybridized carbons (Fsp3) is 0.550. The Bertz CT molecular complexity index is 731. The number of amides is 1. The summed E-state index contributed by atoms with van der Waals surface area (Å²) in [6.07, 6.45) is 7.95. The summed E-state index contributed by atoms with van der Waals surface area (Å²) in [6.45, 7) is 2.73. The number of nitrogens with one attached hydrogen (secondary N) is 1. The molecule has 0 unspecified atom stereocenters. The predicted octanol–water partition coefficient (Wildman–Crippen LogP) is 3.30. The molecule has 0 atom stereocenters. The first-order chi connectivity index (χ1) is 12.8. The van der Waals surface area contributed by atoms with Gasteiger partial charge in [-0.25, -0.2) is 0 Å². The van der Waals surface area contributed by atoms with Crippen LogP contribution in [0.4, 0.5) is 5.69 Å². The summed E-state index contributed by atoms with van der Waals surface area (Å²) in [5.74, 6) is 1.82. The zero-order valence-corrected chi connectivity index (χ0v) is 15.1. The Kier molecular flexibility index (Phi) is 5.18. The zero-order chi connectivity index (χ0) is 17.8. The maximum Gasteiger partial charge on any atom is 0.251 e. The SMILES string of the molecule is O=C(NCCc1noc(C2CCC2)n1)c1ccc(N2CCCCC2)cc1. The number of rotatable bonds is 6. The van der Waals surface area contributed by atoms with Crippen molar-refractivity contribution in [2.24, 2.45) is 0 Å². The first kappa shape index (κ1) is 17.1. The first-order valence-electron chi connectivity index (χ1n) is 9.75. The Balaban J connectivity index is 1.25. The van der Waals surface area contributed by atoms with Crippen LogP contribution in [0.5, 0.6) is 0 Å². The third-order valence-electron chi connectivity index (χ3n) is 5.42. The van der Waals surface area contributed by atoms with Crippen molar-refractivity contribution in [3.63, 3.8) is 0 Å². The second kappa shape index (κ2) is 7.89. The highest BCUT2D eigenvalue weighted by atomic mass is 16.5. The normalized spacial score (nSPS) is 17.8. The number of benzene rings is 1. The molecule has 2 aliphatic rings. The molecule has 2 aromatic rings. The molecule has 26 heavy (non-hydrogen) atoms. The van der Waals surface area contributed by atoms with Gasteiger partial charge in [0, 0.05) is 43.2 Å². The van der Waals surface area contributed by atoms with Gasteiger partial charge in [-0.2, -0.15) is 4.98 Å². The van der Waals surface area contributed by atoms with Crippen LogP contribution < -0.4 is 10.2 Å². The number of aromatic nitrogens is 2. The van der Waals surface area contributed by atoms with E-state index in [1.807, 2.05) is 24.3 Å². The summed E-state index contributed by atoms with van der Waals surface area (Å²) in [5, 5.41) is 6.95. The fourth-order valence-corrected chi connectivity index (χ4v) is 3.56. The molecule has 1 aromatic carbocycles. The maximum atomic E-state index is 12.3. The van der Waals surface area contributed by atoms with Gasteiger partial charge in [0.05, 0.1) is 0 Å². The number of piperidine rings is 1. The van der Waals surface area contributed by atoms with Crippen LogP contribution in [0.2, 0.25) is 0 Å². The Morgan fingerprint density at radius 1 is 1.12 bits per heavy atom. The van der Waals surface area contributed by atoms with Gasteiger partial charge in [0.25, 0.3) is 5.91 Å². The second-order valence-electron chi connectivity index (χ2n) is 7.28. The molecule has 0 bridgehead atoms. The lowest BCUT2D eigenvalue weighted by atomic mass is 9.85. The van der Waals surface area contributed by atoms with Gasteiger partial charge in [-0.15, -0.1) is 0 Å². The molecule has 1 aromatic heterocycles. The van der Waals surface area contributed by atoms with Gasteiger partial charge < -0.3 is 14.7 Å². The summed E-state index contributed by atoms with van der Waals surface area (Å²) in [5.41, 5.74) is 1.89. The van der Waals surface area contributed by atoms with E-state index in [4.69, 9.17) is 4.52 Å². The van der Waals surface area contributed by atoms with E-state index >= 15 is 0 Å². The van der Waals surface area contributed by atoms with Gasteiger partial charge in [0.2, 0.25) is 5.89 Å². The van der Waals surface area contributed by atoms with Crippen molar-refractivity contribution in [1.29, 1.82) is 0 Å². The Labute approximate surface area is 154 Å². The average Bonchev–Trinajstić information content (AvgIpc) is 3.09. The van der Waals surface area contributed by atoms with Crippen molar-refractivity contribution in [3.05, 3.63) is 41.5 Å². The van der Waals surface area contributed by atoms with Crippen molar-refractivity contribution >= 4 is 11.6 Å². The summed E-state index contributed by atoms with van der Waals surface area (Å²) < 4.78 is 5.30. The smallest absolute Gasteiger partial charge is 0.251 e. The lowest BCUT2D eigenvalue weighted by Crippen LogP contribution is -2.29. The largest absolute Gasteiger partial charge is 0.372 e. The molecule has 138 valence electrons. The quantitative estimate of drug-likeness (QED) is 0.862. The van der Waals surface area contributed by atoms with Gasteiger partial charge in [-0.3, -0.25) is 4.79 Å². The Morgan fingerprint density at radius 2 is 1.88 bits per heavy atom. The van der Waals surface area contributed by atoms with E-state index in [0.717, 1.165) is 31.8 Å². The molecule has 0 spiro atoms. The lowest BCUT2D eigenvalue weighted by molar-refractivity contribution is 0.0954. The summed E-state index contributed by atoms with van der Waals surface area (Å²) in [7, 11) is 0. The minimum atomic E-state index is -0.0575. The summed E-state index contributed by atoms with van der Waals surface area (Å²) in [6, 6.07) is 7.90. The van der Waals surface area contributed by atoms with Crippen LogP contribution in [0, 0.1) is 0 Å². The van der Waals surface area contributed by atoms with E-state index in [9.17, 15) is 4.79 Å². The van der Waals surface area contributed by atoms with Crippen molar-refractivity contribution < 1.29 is 9.32 Å². The summed E-state index contributed by atoms with van der Waals surface area (Å²) >= 11 is 0. The average molecular weight is 354 g/mol. The van der Waals surface area contributed by atoms with Crippen molar-refractivity contribution in [2.45, 2.75) is 50.9 Å². The van der Waals surface area contributed by atoms with Crippen LogP contribution in [-0.2, 0) is 6.42 Å². The van der Waals surface area contributed by atoms with E-state index in [1.165, 1.54) is 31.4 Å². The lowest BCUT2D eigenvalue weighted by Gasteiger charge is -2.28. The number of hydrogen-bond acceptors (Lipinski definition) is 5. The standard InChI is InChI=1S/C20H26N4O2/c25-19(15-7-9-17(10-8-15)24-13-2-1-3-14-24)21-12-11-18-22-20(26-23-18)16-5-4-6-16/h7-10,16H,1-6,11-14H2,(H,21,25). The van der Waals surface area contributed by atoms with Crippen LogP contribution >= 0.6 is 0 Å². The molecule has 2 fully saturated rings. The van der Waals surface area contributed by atoms with E-state index < -0.39 is 0 Å². The minimum absolute atomic E-state index is 0.0575. The number of carbonyl (C=O) groups is 1. The van der Waals surface area contributed by atoms with Gasteiger partial charge in [0.15, 0.2) is 5.82 Å². The highest BCUT2D eigenvalue weighted by Gasteiger charge is 2.25. The molecule has 2 heterocycles. The van der Waals surface area contributed by atoms with Crippen LogP contribution in [0.15, 0.2) is 28.8 Å². The molecule has 6 nitrogen and oxygen atoms in total. The number of carbonyl (C=O) groups excluding carboxylic acids is 1. The van der Waals surface area contributed by atoms with E-state index in [0.29, 0.717) is 30.3 Å². The molecule has 1 aliphatic heterocycles. The van der Waals surface area contributed by atoms with E-state index in [-0.39, 0.29) is 5.91 Å². The fourth-order valence-electron chi connectivity index (χ4n) is 3.56. The predicted molar refractivity (Wildman–Crippen MR) is 99.4 cm³/mol. The third-order valence-corrected chi connectivity index (χ3v) is 5.42. The van der Waals surface area contributed by atoms with Crippen LogP contribution in [0.1, 0.15) is 66.5 Å². The molecule has 4 rings (SSSR count). The monoisotopic (exact) mass is 354 g/mol. The molecule has 1 amide bonds. The topological polar surface area (TPSA) is 71.3 Å². The minimum Gasteiger partial charge on any atom is -0.372 e. The molecule has 1 N–H and O–H groups in total. The number of anilines is 1. The summed E-state index contributed by atoms with van der Waals surface area (Å²) in [4.78, 5) is 19.1. The second-order valence-corrected chi connectivity index (χ2v) is 7.28. The third kappa shape index (κ3) is 3.89. The van der Waals surface area contributed by atoms with E-state index in [2.05, 4.69) is 20.4 Å². The highest BCUT2D eigenvalue weighted by Crippen LogP contribution is 2.35. The molecular formula is C20H26N4O2. The van der Waals surface area contributed by atoms with Crippen LogP contribution in [-0.4, -0.2) is 35.7 Å². The zero-order valence-electron chi connectivity index (χ0n) is 15.1. The van der Waals surface area contributed by atoms with Gasteiger partial charge in [0.1, 0.15) is 0 Å². The van der Waals surface area contributed by atoms with Gasteiger partial charge >= 0.3 is 0 Å². The molecule has 1 aliphatic carbocycles. The molecular weight excluding hydrogens is 328 g/mol. The Morgan fingerprint density at radius 3 is 2.58 bits per heavy atom. The van der Waals surface area contributed by atoms with Gasteiger partial charge in [-0.1, -0.05) is 11.6 Å².